The average Bonchev–Trinajstić information content (AvgIpc) is 2.96. The molecule has 0 unspecified atom stereocenters. The summed E-state index contributed by atoms with van der Waals surface area (Å²) in [6, 6.07) is 0. The number of carbonyl (C=O) groups is 1. The van der Waals surface area contributed by atoms with Gasteiger partial charge < -0.3 is 20.9 Å². The van der Waals surface area contributed by atoms with E-state index in [0.717, 1.165) is 12.8 Å². The first-order valence-electron chi connectivity index (χ1n) is 5.42. The van der Waals surface area contributed by atoms with E-state index in [1.165, 1.54) is 0 Å². The van der Waals surface area contributed by atoms with Gasteiger partial charge in [-0.25, -0.2) is 0 Å². The van der Waals surface area contributed by atoms with Crippen LogP contribution in [0.2, 0.25) is 0 Å². The molecule has 15 heavy (non-hydrogen) atoms. The Balaban J connectivity index is 1.79. The summed E-state index contributed by atoms with van der Waals surface area (Å²) in [7, 11) is 0. The van der Waals surface area contributed by atoms with Crippen LogP contribution in [0.3, 0.4) is 0 Å². The minimum Gasteiger partial charge on any atom is -0.388 e. The van der Waals surface area contributed by atoms with Gasteiger partial charge in [0.15, 0.2) is 0 Å². The summed E-state index contributed by atoms with van der Waals surface area (Å²) >= 11 is 0. The molecule has 1 aliphatic heterocycles. The molecule has 2 fully saturated rings. The van der Waals surface area contributed by atoms with E-state index in [-0.39, 0.29) is 12.5 Å². The van der Waals surface area contributed by atoms with Gasteiger partial charge in [0.2, 0.25) is 5.91 Å². The van der Waals surface area contributed by atoms with Gasteiger partial charge >= 0.3 is 0 Å². The van der Waals surface area contributed by atoms with Crippen molar-refractivity contribution in [2.75, 3.05) is 19.8 Å². The van der Waals surface area contributed by atoms with Crippen molar-refractivity contribution < 1.29 is 14.6 Å². The Hall–Kier alpha value is -0.650. The van der Waals surface area contributed by atoms with E-state index in [4.69, 9.17) is 10.5 Å². The zero-order chi connectivity index (χ0) is 10.9. The molecule has 0 aromatic rings. The molecule has 1 saturated carbocycles. The van der Waals surface area contributed by atoms with Crippen molar-refractivity contribution >= 4 is 5.91 Å². The molecule has 0 atom stereocenters. The highest BCUT2D eigenvalue weighted by atomic mass is 16.5. The second-order valence-corrected chi connectivity index (χ2v) is 4.68. The van der Waals surface area contributed by atoms with Crippen molar-refractivity contribution in [2.24, 2.45) is 5.73 Å². The molecule has 1 saturated heterocycles. The molecule has 2 rings (SSSR count). The molecule has 1 aliphatic carbocycles. The quantitative estimate of drug-likeness (QED) is 0.570. The largest absolute Gasteiger partial charge is 0.388 e. The third kappa shape index (κ3) is 2.48. The number of carbonyl (C=O) groups excluding carboxylic acids is 1. The average molecular weight is 214 g/mol. The van der Waals surface area contributed by atoms with Gasteiger partial charge in [0.25, 0.3) is 0 Å². The predicted molar refractivity (Wildman–Crippen MR) is 54.2 cm³/mol. The monoisotopic (exact) mass is 214 g/mol. The third-order valence-electron chi connectivity index (χ3n) is 3.24. The highest BCUT2D eigenvalue weighted by Crippen LogP contribution is 2.32. The summed E-state index contributed by atoms with van der Waals surface area (Å²) in [6.45, 7) is 1.40. The summed E-state index contributed by atoms with van der Waals surface area (Å²) in [5, 5.41) is 12.8. The minimum absolute atomic E-state index is 0.137. The maximum absolute atomic E-state index is 11.5. The van der Waals surface area contributed by atoms with E-state index in [1.807, 2.05) is 0 Å². The topological polar surface area (TPSA) is 84.6 Å². The van der Waals surface area contributed by atoms with Crippen LogP contribution in [0.25, 0.3) is 0 Å². The maximum atomic E-state index is 11.5. The second kappa shape index (κ2) is 3.73. The Morgan fingerprint density at radius 2 is 1.93 bits per heavy atom. The Bertz CT molecular complexity index is 257. The Kier molecular flexibility index (Phi) is 2.70. The molecule has 86 valence electrons. The van der Waals surface area contributed by atoms with Crippen molar-refractivity contribution in [2.45, 2.75) is 36.8 Å². The first kappa shape index (κ1) is 10.9. The standard InChI is InChI=1S/C10H18N2O3/c11-10(1-2-10)8(13)12-7-9(14)3-5-15-6-4-9/h14H,1-7,11H2,(H,12,13). The molecular formula is C10H18N2O3. The second-order valence-electron chi connectivity index (χ2n) is 4.68. The highest BCUT2D eigenvalue weighted by Gasteiger charge is 2.46. The molecule has 1 amide bonds. The fourth-order valence-electron chi connectivity index (χ4n) is 1.71. The number of aliphatic hydroxyl groups is 1. The highest BCUT2D eigenvalue weighted by molar-refractivity contribution is 5.89. The van der Waals surface area contributed by atoms with E-state index >= 15 is 0 Å². The van der Waals surface area contributed by atoms with Crippen LogP contribution in [0, 0.1) is 0 Å². The number of hydrogen-bond acceptors (Lipinski definition) is 4. The Morgan fingerprint density at radius 1 is 1.33 bits per heavy atom. The zero-order valence-electron chi connectivity index (χ0n) is 8.79. The van der Waals surface area contributed by atoms with Crippen LogP contribution in [0.1, 0.15) is 25.7 Å². The van der Waals surface area contributed by atoms with E-state index in [1.54, 1.807) is 0 Å². The normalized spacial score (nSPS) is 27.1. The van der Waals surface area contributed by atoms with Crippen LogP contribution < -0.4 is 11.1 Å². The van der Waals surface area contributed by atoms with Gasteiger partial charge in [-0.2, -0.15) is 0 Å². The summed E-state index contributed by atoms with van der Waals surface area (Å²) in [6.07, 6.45) is 2.65. The van der Waals surface area contributed by atoms with Crippen LogP contribution in [-0.4, -0.2) is 41.9 Å². The lowest BCUT2D eigenvalue weighted by Gasteiger charge is -2.32. The lowest BCUT2D eigenvalue weighted by molar-refractivity contribution is -0.126. The summed E-state index contributed by atoms with van der Waals surface area (Å²) < 4.78 is 5.15. The Labute approximate surface area is 89.0 Å². The van der Waals surface area contributed by atoms with Gasteiger partial charge in [-0.3, -0.25) is 4.79 Å². The molecule has 4 N–H and O–H groups in total. The first-order valence-corrected chi connectivity index (χ1v) is 5.42. The molecular weight excluding hydrogens is 196 g/mol. The molecule has 5 nitrogen and oxygen atoms in total. The third-order valence-corrected chi connectivity index (χ3v) is 3.24. The predicted octanol–water partition coefficient (Wildman–Crippen LogP) is -0.865. The van der Waals surface area contributed by atoms with Crippen LogP contribution in [0.5, 0.6) is 0 Å². The van der Waals surface area contributed by atoms with Crippen molar-refractivity contribution in [3.8, 4) is 0 Å². The molecule has 1 heterocycles. The van der Waals surface area contributed by atoms with E-state index < -0.39 is 11.1 Å². The van der Waals surface area contributed by atoms with Gasteiger partial charge in [0.05, 0.1) is 11.1 Å². The molecule has 5 heteroatoms. The number of amides is 1. The molecule has 0 aromatic heterocycles. The van der Waals surface area contributed by atoms with Crippen molar-refractivity contribution in [3.05, 3.63) is 0 Å². The number of hydrogen-bond donors (Lipinski definition) is 3. The van der Waals surface area contributed by atoms with Crippen molar-refractivity contribution in [3.63, 3.8) is 0 Å². The lowest BCUT2D eigenvalue weighted by atomic mass is 9.94. The first-order chi connectivity index (χ1) is 7.04. The lowest BCUT2D eigenvalue weighted by Crippen LogP contribution is -2.51. The van der Waals surface area contributed by atoms with Gasteiger partial charge in [0, 0.05) is 32.6 Å². The van der Waals surface area contributed by atoms with Gasteiger partial charge in [-0.15, -0.1) is 0 Å². The number of ether oxygens (including phenoxy) is 1. The Morgan fingerprint density at radius 3 is 2.47 bits per heavy atom. The van der Waals surface area contributed by atoms with E-state index in [9.17, 15) is 9.90 Å². The SMILES string of the molecule is NC1(C(=O)NCC2(O)CCOCC2)CC1. The van der Waals surface area contributed by atoms with Gasteiger partial charge in [-0.1, -0.05) is 0 Å². The molecule has 0 aromatic carbocycles. The van der Waals surface area contributed by atoms with Crippen LogP contribution in [-0.2, 0) is 9.53 Å². The fraction of sp³-hybridized carbons (Fsp3) is 0.900. The number of rotatable bonds is 3. The number of nitrogens with two attached hydrogens (primary N) is 1. The zero-order valence-corrected chi connectivity index (χ0v) is 8.79. The minimum atomic E-state index is -0.806. The van der Waals surface area contributed by atoms with Crippen LogP contribution in [0.15, 0.2) is 0 Å². The van der Waals surface area contributed by atoms with E-state index in [0.29, 0.717) is 26.1 Å². The van der Waals surface area contributed by atoms with Gasteiger partial charge in [-0.05, 0) is 12.8 Å². The molecule has 2 aliphatic rings. The van der Waals surface area contributed by atoms with Crippen LogP contribution >= 0.6 is 0 Å². The molecule has 0 radical (unpaired) electrons. The summed E-state index contributed by atoms with van der Waals surface area (Å²) in [4.78, 5) is 11.5. The molecule has 0 bridgehead atoms. The van der Waals surface area contributed by atoms with Gasteiger partial charge in [0.1, 0.15) is 0 Å². The van der Waals surface area contributed by atoms with Crippen molar-refractivity contribution in [1.82, 2.24) is 5.32 Å². The summed E-state index contributed by atoms with van der Waals surface area (Å²) in [5.41, 5.74) is 4.27. The maximum Gasteiger partial charge on any atom is 0.240 e. The van der Waals surface area contributed by atoms with Crippen molar-refractivity contribution in [1.29, 1.82) is 0 Å². The smallest absolute Gasteiger partial charge is 0.240 e. The van der Waals surface area contributed by atoms with E-state index in [2.05, 4.69) is 5.32 Å². The summed E-state index contributed by atoms with van der Waals surface area (Å²) in [5.74, 6) is -0.137. The number of nitrogens with one attached hydrogen (secondary N) is 1. The molecule has 0 spiro atoms. The fourth-order valence-corrected chi connectivity index (χ4v) is 1.71. The van der Waals surface area contributed by atoms with Crippen LogP contribution in [0.4, 0.5) is 0 Å².